The number of aryl methyl sites for hydroxylation is 3. The van der Waals surface area contributed by atoms with Crippen LogP contribution in [0.25, 0.3) is 0 Å². The maximum atomic E-state index is 12.4. The van der Waals surface area contributed by atoms with E-state index in [-0.39, 0.29) is 18.1 Å². The Bertz CT molecular complexity index is 775. The van der Waals surface area contributed by atoms with Crippen molar-refractivity contribution in [3.63, 3.8) is 0 Å². The molecule has 140 valence electrons. The average molecular weight is 358 g/mol. The van der Waals surface area contributed by atoms with Gasteiger partial charge in [-0.1, -0.05) is 0 Å². The minimum atomic E-state index is -0.00677. The number of nitrogens with zero attached hydrogens (tertiary/aromatic N) is 5. The van der Waals surface area contributed by atoms with Crippen LogP contribution < -0.4 is 10.2 Å². The molecule has 1 aliphatic rings. The Morgan fingerprint density at radius 1 is 1.31 bits per heavy atom. The van der Waals surface area contributed by atoms with Gasteiger partial charge in [0.15, 0.2) is 0 Å². The summed E-state index contributed by atoms with van der Waals surface area (Å²) >= 11 is 0. The summed E-state index contributed by atoms with van der Waals surface area (Å²) in [5, 5.41) is 7.33. The lowest BCUT2D eigenvalue weighted by atomic mass is 10.2. The number of nitrogens with one attached hydrogen (secondary N) is 1. The Morgan fingerprint density at radius 2 is 2.12 bits per heavy atom. The van der Waals surface area contributed by atoms with Crippen molar-refractivity contribution in [3.8, 4) is 0 Å². The predicted molar refractivity (Wildman–Crippen MR) is 98.0 cm³/mol. The number of aromatic nitrogens is 4. The Hall–Kier alpha value is -2.48. The zero-order valence-corrected chi connectivity index (χ0v) is 15.8. The molecule has 1 saturated heterocycles. The first-order valence-corrected chi connectivity index (χ1v) is 8.80. The molecule has 8 nitrogen and oxygen atoms in total. The monoisotopic (exact) mass is 358 g/mol. The van der Waals surface area contributed by atoms with Gasteiger partial charge < -0.3 is 15.0 Å². The third kappa shape index (κ3) is 4.19. The van der Waals surface area contributed by atoms with Crippen LogP contribution in [0.2, 0.25) is 0 Å². The van der Waals surface area contributed by atoms with Crippen LogP contribution >= 0.6 is 0 Å². The number of hydrogen-bond acceptors (Lipinski definition) is 6. The van der Waals surface area contributed by atoms with E-state index in [9.17, 15) is 4.79 Å². The van der Waals surface area contributed by atoms with Gasteiger partial charge in [-0.25, -0.2) is 9.97 Å². The lowest BCUT2D eigenvalue weighted by Gasteiger charge is -2.25. The van der Waals surface area contributed by atoms with Gasteiger partial charge in [-0.2, -0.15) is 5.10 Å². The van der Waals surface area contributed by atoms with Crippen molar-refractivity contribution in [3.05, 3.63) is 35.5 Å². The van der Waals surface area contributed by atoms with Gasteiger partial charge in [-0.15, -0.1) is 0 Å². The fourth-order valence-corrected chi connectivity index (χ4v) is 3.40. The fourth-order valence-electron chi connectivity index (χ4n) is 3.40. The smallest absolute Gasteiger partial charge is 0.226 e. The van der Waals surface area contributed by atoms with Gasteiger partial charge >= 0.3 is 0 Å². The molecule has 1 N–H and O–H groups in total. The number of ether oxygens (including phenoxy) is 1. The number of rotatable bonds is 6. The van der Waals surface area contributed by atoms with E-state index in [4.69, 9.17) is 4.74 Å². The summed E-state index contributed by atoms with van der Waals surface area (Å²) in [7, 11) is 3.58. The van der Waals surface area contributed by atoms with Crippen LogP contribution in [0.1, 0.15) is 23.5 Å². The minimum Gasteiger partial charge on any atom is -0.380 e. The predicted octanol–water partition coefficient (Wildman–Crippen LogP) is 0.780. The average Bonchev–Trinajstić information content (AvgIpc) is 3.16. The van der Waals surface area contributed by atoms with E-state index < -0.39 is 0 Å². The molecule has 0 bridgehead atoms. The zero-order valence-electron chi connectivity index (χ0n) is 15.8. The highest BCUT2D eigenvalue weighted by Crippen LogP contribution is 2.25. The van der Waals surface area contributed by atoms with Gasteiger partial charge in [0.25, 0.3) is 0 Å². The highest BCUT2D eigenvalue weighted by atomic mass is 16.5. The first-order valence-electron chi connectivity index (χ1n) is 8.80. The highest BCUT2D eigenvalue weighted by molar-refractivity contribution is 5.78. The second kappa shape index (κ2) is 7.82. The van der Waals surface area contributed by atoms with Crippen LogP contribution in [-0.4, -0.2) is 58.0 Å². The first kappa shape index (κ1) is 18.3. The molecule has 26 heavy (non-hydrogen) atoms. The topological polar surface area (TPSA) is 85.2 Å². The maximum absolute atomic E-state index is 12.4. The van der Waals surface area contributed by atoms with E-state index in [1.165, 1.54) is 0 Å². The molecule has 2 aromatic heterocycles. The molecular formula is C18H26N6O2. The van der Waals surface area contributed by atoms with Gasteiger partial charge in [0.05, 0.1) is 24.3 Å². The number of anilines is 1. The van der Waals surface area contributed by atoms with Gasteiger partial charge in [0, 0.05) is 44.7 Å². The summed E-state index contributed by atoms with van der Waals surface area (Å²) in [5.41, 5.74) is 2.74. The van der Waals surface area contributed by atoms with Crippen LogP contribution in [0.3, 0.4) is 0 Å². The van der Waals surface area contributed by atoms with Crippen LogP contribution in [0.15, 0.2) is 18.5 Å². The maximum Gasteiger partial charge on any atom is 0.226 e. The molecule has 2 aromatic rings. The van der Waals surface area contributed by atoms with Gasteiger partial charge in [-0.05, 0) is 26.3 Å². The van der Waals surface area contributed by atoms with Gasteiger partial charge in [0.2, 0.25) is 5.91 Å². The highest BCUT2D eigenvalue weighted by Gasteiger charge is 2.33. The molecule has 2 atom stereocenters. The molecule has 1 fully saturated rings. The van der Waals surface area contributed by atoms with Crippen molar-refractivity contribution in [2.75, 3.05) is 25.1 Å². The van der Waals surface area contributed by atoms with E-state index in [0.717, 1.165) is 35.9 Å². The molecule has 1 amide bonds. The lowest BCUT2D eigenvalue weighted by molar-refractivity contribution is -0.120. The number of hydrogen-bond donors (Lipinski definition) is 1. The van der Waals surface area contributed by atoms with Crippen molar-refractivity contribution in [2.45, 2.75) is 38.8 Å². The van der Waals surface area contributed by atoms with E-state index in [2.05, 4.69) is 25.3 Å². The Kier molecular flexibility index (Phi) is 5.51. The Balaban J connectivity index is 1.63. The molecule has 3 rings (SSSR count). The quantitative estimate of drug-likeness (QED) is 0.821. The molecule has 0 unspecified atom stereocenters. The molecular weight excluding hydrogens is 332 g/mol. The first-order chi connectivity index (χ1) is 12.5. The number of methoxy groups -OCH3 is 1. The molecule has 0 aliphatic carbocycles. The van der Waals surface area contributed by atoms with E-state index in [1.807, 2.05) is 33.0 Å². The van der Waals surface area contributed by atoms with Crippen molar-refractivity contribution in [1.82, 2.24) is 25.1 Å². The molecule has 1 aliphatic heterocycles. The SMILES string of the molecule is CO[C@H]1C[C@@H](CNC(=O)Cc2cc(C)nn2C)N(c2cc(C)ncn2)C1. The second-order valence-corrected chi connectivity index (χ2v) is 6.80. The fraction of sp³-hybridized carbons (Fsp3) is 0.556. The standard InChI is InChI=1S/C18H26N6O2/c1-12-6-17(21-11-20-12)24-10-16(26-4)7-15(24)9-19-18(25)8-14-5-13(2)22-23(14)3/h5-6,11,15-16H,7-10H2,1-4H3,(H,19,25)/t15-,16-/m0/s1. The number of amides is 1. The largest absolute Gasteiger partial charge is 0.380 e. The van der Waals surface area contributed by atoms with Crippen LogP contribution in [0.4, 0.5) is 5.82 Å². The second-order valence-electron chi connectivity index (χ2n) is 6.80. The molecule has 0 saturated carbocycles. The molecule has 0 radical (unpaired) electrons. The lowest BCUT2D eigenvalue weighted by Crippen LogP contribution is -2.41. The van der Waals surface area contributed by atoms with Crippen LogP contribution in [0.5, 0.6) is 0 Å². The molecule has 3 heterocycles. The van der Waals surface area contributed by atoms with E-state index >= 15 is 0 Å². The van der Waals surface area contributed by atoms with Crippen LogP contribution in [0, 0.1) is 13.8 Å². The third-order valence-electron chi connectivity index (χ3n) is 4.77. The van der Waals surface area contributed by atoms with Crippen molar-refractivity contribution in [2.24, 2.45) is 7.05 Å². The third-order valence-corrected chi connectivity index (χ3v) is 4.77. The van der Waals surface area contributed by atoms with E-state index in [0.29, 0.717) is 13.0 Å². The number of carbonyl (C=O) groups is 1. The van der Waals surface area contributed by atoms with Gasteiger partial charge in [-0.3, -0.25) is 9.48 Å². The van der Waals surface area contributed by atoms with Crippen molar-refractivity contribution < 1.29 is 9.53 Å². The molecule has 8 heteroatoms. The summed E-state index contributed by atoms with van der Waals surface area (Å²) in [4.78, 5) is 23.1. The summed E-state index contributed by atoms with van der Waals surface area (Å²) < 4.78 is 7.29. The van der Waals surface area contributed by atoms with Crippen molar-refractivity contribution in [1.29, 1.82) is 0 Å². The molecule has 0 aromatic carbocycles. The zero-order chi connectivity index (χ0) is 18.7. The summed E-state index contributed by atoms with van der Waals surface area (Å²) in [6.45, 7) is 5.18. The van der Waals surface area contributed by atoms with Crippen molar-refractivity contribution >= 4 is 11.7 Å². The summed E-state index contributed by atoms with van der Waals surface area (Å²) in [6, 6.07) is 4.05. The Labute approximate surface area is 153 Å². The molecule has 0 spiro atoms. The number of carbonyl (C=O) groups excluding carboxylic acids is 1. The normalized spacial score (nSPS) is 19.8. The van der Waals surface area contributed by atoms with Crippen LogP contribution in [-0.2, 0) is 23.0 Å². The Morgan fingerprint density at radius 3 is 2.77 bits per heavy atom. The minimum absolute atomic E-state index is 0.00677. The summed E-state index contributed by atoms with van der Waals surface area (Å²) in [5.74, 6) is 0.867. The van der Waals surface area contributed by atoms with E-state index in [1.54, 1.807) is 18.1 Å². The van der Waals surface area contributed by atoms with Gasteiger partial charge in [0.1, 0.15) is 12.1 Å². The summed E-state index contributed by atoms with van der Waals surface area (Å²) in [6.07, 6.45) is 2.88.